The summed E-state index contributed by atoms with van der Waals surface area (Å²) >= 11 is 0. The maximum absolute atomic E-state index is 11.9. The van der Waals surface area contributed by atoms with E-state index in [-0.39, 0.29) is 12.5 Å². The Morgan fingerprint density at radius 3 is 2.25 bits per heavy atom. The lowest BCUT2D eigenvalue weighted by atomic mass is 10.1. The van der Waals surface area contributed by atoms with Gasteiger partial charge < -0.3 is 0 Å². The molecular formula is C10H21N3O2S. The molecule has 1 N–H and O–H groups in total. The summed E-state index contributed by atoms with van der Waals surface area (Å²) < 4.78 is 27.7. The van der Waals surface area contributed by atoms with Crippen LogP contribution in [-0.4, -0.2) is 31.4 Å². The molecule has 94 valence electrons. The van der Waals surface area contributed by atoms with E-state index < -0.39 is 15.7 Å². The maximum atomic E-state index is 11.9. The zero-order valence-electron chi connectivity index (χ0n) is 10.6. The lowest BCUT2D eigenvalue weighted by molar-refractivity contribution is 0.376. The maximum Gasteiger partial charge on any atom is 0.279 e. The molecule has 0 bridgehead atoms. The van der Waals surface area contributed by atoms with Crippen molar-refractivity contribution in [2.24, 2.45) is 5.92 Å². The number of nitrogens with zero attached hydrogens (tertiary/aromatic N) is 2. The summed E-state index contributed by atoms with van der Waals surface area (Å²) in [6, 6.07) is 2.03. The van der Waals surface area contributed by atoms with Crippen LogP contribution in [0.1, 0.15) is 34.6 Å². The third-order valence-electron chi connectivity index (χ3n) is 1.83. The number of nitriles is 1. The average molecular weight is 247 g/mol. The molecule has 0 aromatic rings. The molecule has 0 amide bonds. The van der Waals surface area contributed by atoms with Gasteiger partial charge in [-0.25, -0.2) is 0 Å². The normalized spacial score (nSPS) is 14.8. The third kappa shape index (κ3) is 5.45. The largest absolute Gasteiger partial charge is 0.279 e. The van der Waals surface area contributed by atoms with Gasteiger partial charge in [-0.05, 0) is 27.7 Å². The molecular weight excluding hydrogens is 226 g/mol. The van der Waals surface area contributed by atoms with Crippen molar-refractivity contribution in [3.8, 4) is 6.07 Å². The predicted molar refractivity (Wildman–Crippen MR) is 63.8 cm³/mol. The fourth-order valence-corrected chi connectivity index (χ4v) is 2.86. The quantitative estimate of drug-likeness (QED) is 0.790. The SMILES string of the molecule is CCN(CC(C)C#N)S(=O)(=O)NC(C)(C)C. The fraction of sp³-hybridized carbons (Fsp3) is 0.900. The Kier molecular flexibility index (Phi) is 5.39. The Labute approximate surface area is 98.6 Å². The molecule has 0 spiro atoms. The van der Waals surface area contributed by atoms with E-state index >= 15 is 0 Å². The minimum atomic E-state index is -3.50. The highest BCUT2D eigenvalue weighted by atomic mass is 32.2. The van der Waals surface area contributed by atoms with E-state index in [9.17, 15) is 8.42 Å². The van der Waals surface area contributed by atoms with Crippen molar-refractivity contribution in [2.45, 2.75) is 40.2 Å². The molecule has 0 fully saturated rings. The van der Waals surface area contributed by atoms with Crippen LogP contribution < -0.4 is 4.72 Å². The van der Waals surface area contributed by atoms with Crippen molar-refractivity contribution in [2.75, 3.05) is 13.1 Å². The molecule has 1 unspecified atom stereocenters. The number of rotatable bonds is 5. The van der Waals surface area contributed by atoms with Crippen molar-refractivity contribution in [3.05, 3.63) is 0 Å². The van der Waals surface area contributed by atoms with Crippen LogP contribution in [0.4, 0.5) is 0 Å². The molecule has 16 heavy (non-hydrogen) atoms. The summed E-state index contributed by atoms with van der Waals surface area (Å²) in [5, 5.41) is 8.69. The highest BCUT2D eigenvalue weighted by Gasteiger charge is 2.26. The van der Waals surface area contributed by atoms with Crippen molar-refractivity contribution in [1.29, 1.82) is 5.26 Å². The molecule has 1 atom stereocenters. The molecule has 0 rings (SSSR count). The fourth-order valence-electron chi connectivity index (χ4n) is 1.19. The summed E-state index contributed by atoms with van der Waals surface area (Å²) in [4.78, 5) is 0. The van der Waals surface area contributed by atoms with Crippen LogP contribution in [0.2, 0.25) is 0 Å². The molecule has 0 heterocycles. The van der Waals surface area contributed by atoms with Gasteiger partial charge in [-0.2, -0.15) is 22.7 Å². The van der Waals surface area contributed by atoms with Gasteiger partial charge in [-0.1, -0.05) is 6.92 Å². The molecule has 5 nitrogen and oxygen atoms in total. The molecule has 0 radical (unpaired) electrons. The lowest BCUT2D eigenvalue weighted by Gasteiger charge is -2.27. The first-order valence-electron chi connectivity index (χ1n) is 5.31. The van der Waals surface area contributed by atoms with E-state index in [1.165, 1.54) is 4.31 Å². The minimum absolute atomic E-state index is 0.221. The molecule has 0 aromatic heterocycles. The van der Waals surface area contributed by atoms with Gasteiger partial charge in [0.25, 0.3) is 10.2 Å². The first kappa shape index (κ1) is 15.4. The second-order valence-electron chi connectivity index (χ2n) is 4.84. The Balaban J connectivity index is 4.77. The molecule has 6 heteroatoms. The van der Waals surface area contributed by atoms with Crippen LogP contribution in [0.15, 0.2) is 0 Å². The first-order valence-corrected chi connectivity index (χ1v) is 6.75. The van der Waals surface area contributed by atoms with E-state index in [0.29, 0.717) is 6.54 Å². The van der Waals surface area contributed by atoms with E-state index in [2.05, 4.69) is 4.72 Å². The van der Waals surface area contributed by atoms with Gasteiger partial charge >= 0.3 is 0 Å². The van der Waals surface area contributed by atoms with E-state index in [0.717, 1.165) is 0 Å². The summed E-state index contributed by atoms with van der Waals surface area (Å²) in [6.07, 6.45) is 0. The number of nitrogens with one attached hydrogen (secondary N) is 1. The Morgan fingerprint density at radius 2 is 1.94 bits per heavy atom. The predicted octanol–water partition coefficient (Wildman–Crippen LogP) is 1.10. The van der Waals surface area contributed by atoms with Gasteiger partial charge in [0.2, 0.25) is 0 Å². The van der Waals surface area contributed by atoms with Crippen LogP contribution in [0.3, 0.4) is 0 Å². The highest BCUT2D eigenvalue weighted by molar-refractivity contribution is 7.87. The minimum Gasteiger partial charge on any atom is -0.198 e. The highest BCUT2D eigenvalue weighted by Crippen LogP contribution is 2.08. The molecule has 0 aliphatic rings. The van der Waals surface area contributed by atoms with Crippen LogP contribution in [0, 0.1) is 17.2 Å². The van der Waals surface area contributed by atoms with Crippen molar-refractivity contribution in [1.82, 2.24) is 9.03 Å². The summed E-state index contributed by atoms with van der Waals surface area (Å²) in [7, 11) is -3.50. The standard InChI is InChI=1S/C10H21N3O2S/c1-6-13(8-9(2)7-11)16(14,15)12-10(3,4)5/h9,12H,6,8H2,1-5H3. The zero-order valence-corrected chi connectivity index (χ0v) is 11.4. The molecule has 0 aliphatic heterocycles. The van der Waals surface area contributed by atoms with Gasteiger partial charge in [0.05, 0.1) is 12.0 Å². The Morgan fingerprint density at radius 1 is 1.44 bits per heavy atom. The van der Waals surface area contributed by atoms with Gasteiger partial charge in [-0.15, -0.1) is 0 Å². The van der Waals surface area contributed by atoms with Gasteiger partial charge in [0.1, 0.15) is 0 Å². The van der Waals surface area contributed by atoms with Crippen molar-refractivity contribution >= 4 is 10.2 Å². The smallest absolute Gasteiger partial charge is 0.198 e. The lowest BCUT2D eigenvalue weighted by Crippen LogP contribution is -2.49. The van der Waals surface area contributed by atoms with Gasteiger partial charge in [-0.3, -0.25) is 0 Å². The second-order valence-corrected chi connectivity index (χ2v) is 6.51. The van der Waals surface area contributed by atoms with Crippen LogP contribution in [0.5, 0.6) is 0 Å². The third-order valence-corrected chi connectivity index (χ3v) is 3.78. The summed E-state index contributed by atoms with van der Waals surface area (Å²) in [6.45, 7) is 9.39. The van der Waals surface area contributed by atoms with E-state index in [1.54, 1.807) is 34.6 Å². The van der Waals surface area contributed by atoms with Crippen LogP contribution in [-0.2, 0) is 10.2 Å². The van der Waals surface area contributed by atoms with Crippen LogP contribution >= 0.6 is 0 Å². The van der Waals surface area contributed by atoms with Crippen molar-refractivity contribution in [3.63, 3.8) is 0 Å². The monoisotopic (exact) mass is 247 g/mol. The number of hydrogen-bond acceptors (Lipinski definition) is 3. The first-order chi connectivity index (χ1) is 7.12. The summed E-state index contributed by atoms with van der Waals surface area (Å²) in [5.41, 5.74) is -0.512. The molecule has 0 aromatic carbocycles. The Hall–Kier alpha value is -0.640. The zero-order chi connectivity index (χ0) is 13.0. The van der Waals surface area contributed by atoms with E-state index in [4.69, 9.17) is 5.26 Å². The summed E-state index contributed by atoms with van der Waals surface area (Å²) in [5.74, 6) is -0.309. The number of hydrogen-bond donors (Lipinski definition) is 1. The molecule has 0 aliphatic carbocycles. The van der Waals surface area contributed by atoms with Gasteiger partial charge in [0.15, 0.2) is 0 Å². The van der Waals surface area contributed by atoms with E-state index in [1.807, 2.05) is 6.07 Å². The van der Waals surface area contributed by atoms with Crippen LogP contribution in [0.25, 0.3) is 0 Å². The van der Waals surface area contributed by atoms with Crippen molar-refractivity contribution < 1.29 is 8.42 Å². The Bertz CT molecular complexity index is 351. The molecule has 0 saturated carbocycles. The average Bonchev–Trinajstić information content (AvgIpc) is 2.09. The van der Waals surface area contributed by atoms with Gasteiger partial charge in [0, 0.05) is 18.6 Å². The molecule has 0 saturated heterocycles. The second kappa shape index (κ2) is 5.62. The topological polar surface area (TPSA) is 73.2 Å².